The largest absolute Gasteiger partial charge is 0.481 e. The van der Waals surface area contributed by atoms with Crippen LogP contribution in [0, 0.1) is 11.8 Å². The van der Waals surface area contributed by atoms with E-state index in [-0.39, 0.29) is 11.8 Å². The Bertz CT molecular complexity index is 384. The number of carboxylic acid groups (broad SMARTS) is 1. The molecule has 1 amide bonds. The molecule has 0 radical (unpaired) electrons. The maximum Gasteiger partial charge on any atom is 0.316 e. The third kappa shape index (κ3) is 3.34. The number of rotatable bonds is 5. The van der Waals surface area contributed by atoms with Gasteiger partial charge in [0.25, 0.3) is 0 Å². The van der Waals surface area contributed by atoms with E-state index in [4.69, 9.17) is 5.11 Å². The molecule has 1 heterocycles. The van der Waals surface area contributed by atoms with Gasteiger partial charge in [-0.2, -0.15) is 0 Å². The lowest BCUT2D eigenvalue weighted by Gasteiger charge is -2.23. The molecule has 5 heteroatoms. The molecule has 1 unspecified atom stereocenters. The molecule has 0 fully saturated rings. The Kier molecular flexibility index (Phi) is 4.31. The van der Waals surface area contributed by atoms with Gasteiger partial charge in [0.2, 0.25) is 5.91 Å². The number of hydrogen-bond acceptors (Lipinski definition) is 2. The summed E-state index contributed by atoms with van der Waals surface area (Å²) in [5.41, 5.74) is 0.883. The SMILES string of the molecule is CC(C)C(C(=O)O)C(=O)N(C)Cc1ccc[nH]1. The van der Waals surface area contributed by atoms with Crippen LogP contribution in [0.15, 0.2) is 18.3 Å². The number of carbonyl (C=O) groups excluding carboxylic acids is 1. The number of hydrogen-bond donors (Lipinski definition) is 2. The van der Waals surface area contributed by atoms with Crippen LogP contribution in [0.4, 0.5) is 0 Å². The van der Waals surface area contributed by atoms with E-state index in [1.807, 2.05) is 12.1 Å². The highest BCUT2D eigenvalue weighted by Crippen LogP contribution is 2.15. The Labute approximate surface area is 100 Å². The molecule has 0 aromatic carbocycles. The van der Waals surface area contributed by atoms with Crippen molar-refractivity contribution in [3.63, 3.8) is 0 Å². The molecule has 0 saturated heterocycles. The van der Waals surface area contributed by atoms with Crippen molar-refractivity contribution in [1.29, 1.82) is 0 Å². The average molecular weight is 238 g/mol. The lowest BCUT2D eigenvalue weighted by atomic mass is 9.94. The summed E-state index contributed by atoms with van der Waals surface area (Å²) in [6, 6.07) is 3.69. The molecule has 1 aromatic rings. The minimum atomic E-state index is -1.07. The Balaban J connectivity index is 2.70. The first kappa shape index (κ1) is 13.3. The first-order valence-corrected chi connectivity index (χ1v) is 5.53. The van der Waals surface area contributed by atoms with Gasteiger partial charge in [-0.25, -0.2) is 0 Å². The highest BCUT2D eigenvalue weighted by molar-refractivity contribution is 5.97. The zero-order chi connectivity index (χ0) is 13.0. The standard InChI is InChI=1S/C12H18N2O3/c1-8(2)10(12(16)17)11(15)14(3)7-9-5-4-6-13-9/h4-6,8,10,13H,7H2,1-3H3,(H,16,17). The van der Waals surface area contributed by atoms with E-state index in [0.717, 1.165) is 5.69 Å². The van der Waals surface area contributed by atoms with Crippen molar-refractivity contribution in [3.8, 4) is 0 Å². The van der Waals surface area contributed by atoms with Crippen molar-refractivity contribution in [1.82, 2.24) is 9.88 Å². The average Bonchev–Trinajstić information content (AvgIpc) is 2.68. The summed E-state index contributed by atoms with van der Waals surface area (Å²) in [5.74, 6) is -2.62. The predicted molar refractivity (Wildman–Crippen MR) is 63.2 cm³/mol. The zero-order valence-electron chi connectivity index (χ0n) is 10.3. The Hall–Kier alpha value is -1.78. The summed E-state index contributed by atoms with van der Waals surface area (Å²) >= 11 is 0. The van der Waals surface area contributed by atoms with Gasteiger partial charge < -0.3 is 15.0 Å². The van der Waals surface area contributed by atoms with E-state index < -0.39 is 11.9 Å². The van der Waals surface area contributed by atoms with E-state index >= 15 is 0 Å². The maximum atomic E-state index is 12.0. The van der Waals surface area contributed by atoms with Crippen molar-refractivity contribution in [2.45, 2.75) is 20.4 Å². The zero-order valence-corrected chi connectivity index (χ0v) is 10.3. The minimum Gasteiger partial charge on any atom is -0.481 e. The molecular formula is C12H18N2O3. The van der Waals surface area contributed by atoms with E-state index in [9.17, 15) is 9.59 Å². The van der Waals surface area contributed by atoms with Crippen LogP contribution < -0.4 is 0 Å². The van der Waals surface area contributed by atoms with Crippen LogP contribution in [-0.4, -0.2) is 33.9 Å². The van der Waals surface area contributed by atoms with Gasteiger partial charge in [-0.3, -0.25) is 9.59 Å². The quantitative estimate of drug-likeness (QED) is 0.760. The van der Waals surface area contributed by atoms with Crippen molar-refractivity contribution >= 4 is 11.9 Å². The molecule has 1 rings (SSSR count). The maximum absolute atomic E-state index is 12.0. The second-order valence-corrected chi connectivity index (χ2v) is 4.45. The fourth-order valence-electron chi connectivity index (χ4n) is 1.71. The lowest BCUT2D eigenvalue weighted by Crippen LogP contribution is -2.39. The highest BCUT2D eigenvalue weighted by atomic mass is 16.4. The third-order valence-corrected chi connectivity index (χ3v) is 2.64. The van der Waals surface area contributed by atoms with Crippen molar-refractivity contribution in [3.05, 3.63) is 24.0 Å². The first-order chi connectivity index (χ1) is 7.93. The van der Waals surface area contributed by atoms with Crippen LogP contribution in [-0.2, 0) is 16.1 Å². The van der Waals surface area contributed by atoms with Crippen LogP contribution in [0.3, 0.4) is 0 Å². The number of amides is 1. The van der Waals surface area contributed by atoms with Crippen LogP contribution in [0.1, 0.15) is 19.5 Å². The number of nitrogens with zero attached hydrogens (tertiary/aromatic N) is 1. The van der Waals surface area contributed by atoms with Gasteiger partial charge in [-0.1, -0.05) is 13.8 Å². The molecule has 0 spiro atoms. The summed E-state index contributed by atoms with van der Waals surface area (Å²) in [4.78, 5) is 27.4. The van der Waals surface area contributed by atoms with Crippen molar-refractivity contribution in [2.24, 2.45) is 11.8 Å². The third-order valence-electron chi connectivity index (χ3n) is 2.64. The molecule has 94 valence electrons. The van der Waals surface area contributed by atoms with Crippen LogP contribution in [0.2, 0.25) is 0 Å². The van der Waals surface area contributed by atoms with Gasteiger partial charge in [0, 0.05) is 18.9 Å². The van der Waals surface area contributed by atoms with Crippen LogP contribution in [0.25, 0.3) is 0 Å². The van der Waals surface area contributed by atoms with Gasteiger partial charge in [-0.05, 0) is 18.1 Å². The predicted octanol–water partition coefficient (Wildman–Crippen LogP) is 1.33. The number of carboxylic acids is 1. The molecule has 1 aromatic heterocycles. The fourth-order valence-corrected chi connectivity index (χ4v) is 1.71. The second kappa shape index (κ2) is 5.52. The summed E-state index contributed by atoms with van der Waals surface area (Å²) in [6.07, 6.45) is 1.77. The van der Waals surface area contributed by atoms with E-state index in [1.165, 1.54) is 4.90 Å². The summed E-state index contributed by atoms with van der Waals surface area (Å²) in [5, 5.41) is 9.03. The smallest absolute Gasteiger partial charge is 0.316 e. The van der Waals surface area contributed by atoms with E-state index in [2.05, 4.69) is 4.98 Å². The number of aromatic amines is 1. The van der Waals surface area contributed by atoms with Gasteiger partial charge in [0.05, 0.1) is 6.54 Å². The van der Waals surface area contributed by atoms with Crippen molar-refractivity contribution in [2.75, 3.05) is 7.05 Å². The second-order valence-electron chi connectivity index (χ2n) is 4.45. The van der Waals surface area contributed by atoms with Crippen LogP contribution in [0.5, 0.6) is 0 Å². The summed E-state index contributed by atoms with van der Waals surface area (Å²) in [6.45, 7) is 3.86. The molecule has 0 aliphatic rings. The van der Waals surface area contributed by atoms with Gasteiger partial charge >= 0.3 is 5.97 Å². The van der Waals surface area contributed by atoms with E-state index in [1.54, 1.807) is 27.1 Å². The Morgan fingerprint density at radius 1 is 1.47 bits per heavy atom. The Morgan fingerprint density at radius 2 is 2.12 bits per heavy atom. The number of aliphatic carboxylic acids is 1. The molecule has 0 aliphatic heterocycles. The van der Waals surface area contributed by atoms with Crippen molar-refractivity contribution < 1.29 is 14.7 Å². The number of H-pyrrole nitrogens is 1. The van der Waals surface area contributed by atoms with Gasteiger partial charge in [0.1, 0.15) is 5.92 Å². The monoisotopic (exact) mass is 238 g/mol. The molecule has 5 nitrogen and oxygen atoms in total. The highest BCUT2D eigenvalue weighted by Gasteiger charge is 2.31. The number of carbonyl (C=O) groups is 2. The molecule has 0 aliphatic carbocycles. The molecule has 1 atom stereocenters. The topological polar surface area (TPSA) is 73.4 Å². The van der Waals surface area contributed by atoms with Gasteiger partial charge in [0.15, 0.2) is 0 Å². The summed E-state index contributed by atoms with van der Waals surface area (Å²) < 4.78 is 0. The van der Waals surface area contributed by atoms with Crippen LogP contribution >= 0.6 is 0 Å². The fraction of sp³-hybridized carbons (Fsp3) is 0.500. The number of nitrogens with one attached hydrogen (secondary N) is 1. The minimum absolute atomic E-state index is 0.217. The summed E-state index contributed by atoms with van der Waals surface area (Å²) in [7, 11) is 1.61. The molecule has 2 N–H and O–H groups in total. The normalized spacial score (nSPS) is 12.5. The lowest BCUT2D eigenvalue weighted by molar-refractivity contribution is -0.152. The first-order valence-electron chi connectivity index (χ1n) is 5.53. The Morgan fingerprint density at radius 3 is 2.53 bits per heavy atom. The number of aromatic nitrogens is 1. The molecular weight excluding hydrogens is 220 g/mol. The van der Waals surface area contributed by atoms with E-state index in [0.29, 0.717) is 6.54 Å². The molecule has 0 saturated carbocycles. The molecule has 0 bridgehead atoms. The van der Waals surface area contributed by atoms with Gasteiger partial charge in [-0.15, -0.1) is 0 Å². The molecule has 17 heavy (non-hydrogen) atoms.